The van der Waals surface area contributed by atoms with E-state index < -0.39 is 5.97 Å². The number of aliphatic carboxylic acids is 1. The molecule has 0 amide bonds. The summed E-state index contributed by atoms with van der Waals surface area (Å²) in [5.74, 6) is -0.412. The van der Waals surface area contributed by atoms with Gasteiger partial charge < -0.3 is 9.90 Å². The largest absolute Gasteiger partial charge is 0.550 e. The summed E-state index contributed by atoms with van der Waals surface area (Å²) in [6, 6.07) is 9.71. The molecule has 0 unspecified atom stereocenters. The van der Waals surface area contributed by atoms with Crippen molar-refractivity contribution in [2.24, 2.45) is 0 Å². The van der Waals surface area contributed by atoms with Crippen molar-refractivity contribution in [1.29, 1.82) is 0 Å². The zero-order chi connectivity index (χ0) is 8.81. The lowest BCUT2D eigenvalue weighted by molar-refractivity contribution is -0.305. The third-order valence-electron chi connectivity index (χ3n) is 1.32. The average Bonchev–Trinajstić information content (AvgIpc) is 2.05. The van der Waals surface area contributed by atoms with Crippen molar-refractivity contribution in [2.45, 2.75) is 11.3 Å². The van der Waals surface area contributed by atoms with Gasteiger partial charge in [0.2, 0.25) is 0 Å². The molecule has 1 aromatic carbocycles. The van der Waals surface area contributed by atoms with E-state index >= 15 is 0 Å². The van der Waals surface area contributed by atoms with E-state index in [1.54, 1.807) is 0 Å². The Bertz CT molecular complexity index is 246. The maximum Gasteiger partial charge on any atom is 0.0422 e. The third-order valence-corrected chi connectivity index (χ3v) is 2.33. The third kappa shape index (κ3) is 3.44. The molecular weight excluding hydrogens is 172 g/mol. The molecule has 0 aromatic heterocycles. The van der Waals surface area contributed by atoms with Crippen LogP contribution in [0.5, 0.6) is 0 Å². The smallest absolute Gasteiger partial charge is 0.0422 e. The molecule has 0 aliphatic heterocycles. The molecule has 0 atom stereocenters. The summed E-state index contributed by atoms with van der Waals surface area (Å²) < 4.78 is 0. The summed E-state index contributed by atoms with van der Waals surface area (Å²) in [7, 11) is 0. The lowest BCUT2D eigenvalue weighted by Gasteiger charge is -2.01. The van der Waals surface area contributed by atoms with E-state index in [4.69, 9.17) is 0 Å². The maximum absolute atomic E-state index is 10.1. The number of benzene rings is 1. The van der Waals surface area contributed by atoms with Crippen LogP contribution in [0.2, 0.25) is 0 Å². The second-order valence-corrected chi connectivity index (χ2v) is 3.45. The quantitative estimate of drug-likeness (QED) is 0.648. The Balaban J connectivity index is 2.29. The highest BCUT2D eigenvalue weighted by molar-refractivity contribution is 7.99. The molecule has 0 spiro atoms. The normalized spacial score (nSPS) is 9.67. The van der Waals surface area contributed by atoms with Crippen molar-refractivity contribution in [3.8, 4) is 0 Å². The van der Waals surface area contributed by atoms with Crippen LogP contribution in [-0.2, 0) is 4.79 Å². The van der Waals surface area contributed by atoms with Crippen molar-refractivity contribution in [1.82, 2.24) is 0 Å². The van der Waals surface area contributed by atoms with E-state index in [1.165, 1.54) is 11.8 Å². The summed E-state index contributed by atoms with van der Waals surface area (Å²) in [6.45, 7) is 0. The van der Waals surface area contributed by atoms with Gasteiger partial charge in [0, 0.05) is 16.6 Å². The van der Waals surface area contributed by atoms with Crippen LogP contribution < -0.4 is 5.11 Å². The molecule has 64 valence electrons. The van der Waals surface area contributed by atoms with E-state index in [1.807, 2.05) is 30.3 Å². The summed E-state index contributed by atoms with van der Waals surface area (Å²) >= 11 is 1.53. The molecule has 3 heteroatoms. The van der Waals surface area contributed by atoms with Crippen LogP contribution >= 0.6 is 11.8 Å². The van der Waals surface area contributed by atoms with Crippen LogP contribution in [0, 0.1) is 0 Å². The van der Waals surface area contributed by atoms with Gasteiger partial charge >= 0.3 is 0 Å². The van der Waals surface area contributed by atoms with Crippen molar-refractivity contribution in [3.05, 3.63) is 30.3 Å². The minimum atomic E-state index is -0.988. The molecule has 0 aliphatic rings. The van der Waals surface area contributed by atoms with Crippen LogP contribution in [0.1, 0.15) is 6.42 Å². The van der Waals surface area contributed by atoms with E-state index in [0.717, 1.165) is 4.90 Å². The Kier molecular flexibility index (Phi) is 3.67. The predicted octanol–water partition coefficient (Wildman–Crippen LogP) is 0.919. The fourth-order valence-electron chi connectivity index (χ4n) is 0.769. The Morgan fingerprint density at radius 2 is 2.00 bits per heavy atom. The fraction of sp³-hybridized carbons (Fsp3) is 0.222. The van der Waals surface area contributed by atoms with Crippen LogP contribution in [0.4, 0.5) is 0 Å². The molecule has 0 aliphatic carbocycles. The molecule has 0 N–H and O–H groups in total. The Morgan fingerprint density at radius 3 is 2.58 bits per heavy atom. The molecule has 0 bridgehead atoms. The van der Waals surface area contributed by atoms with Crippen LogP contribution in [0.25, 0.3) is 0 Å². The summed E-state index contributed by atoms with van der Waals surface area (Å²) in [5.41, 5.74) is 0. The summed E-state index contributed by atoms with van der Waals surface area (Å²) in [4.78, 5) is 11.2. The minimum absolute atomic E-state index is 0.111. The number of rotatable bonds is 4. The van der Waals surface area contributed by atoms with E-state index in [0.29, 0.717) is 5.75 Å². The number of hydrogen-bond donors (Lipinski definition) is 0. The van der Waals surface area contributed by atoms with Gasteiger partial charge in [-0.1, -0.05) is 18.2 Å². The van der Waals surface area contributed by atoms with Gasteiger partial charge in [-0.15, -0.1) is 11.8 Å². The van der Waals surface area contributed by atoms with Gasteiger partial charge in [0.15, 0.2) is 0 Å². The molecule has 1 aromatic rings. The maximum atomic E-state index is 10.1. The van der Waals surface area contributed by atoms with Gasteiger partial charge in [0.1, 0.15) is 0 Å². The number of carbonyl (C=O) groups is 1. The Labute approximate surface area is 75.6 Å². The van der Waals surface area contributed by atoms with E-state index in [2.05, 4.69) is 0 Å². The monoisotopic (exact) mass is 181 g/mol. The van der Waals surface area contributed by atoms with Gasteiger partial charge in [-0.05, 0) is 18.6 Å². The zero-order valence-electron chi connectivity index (χ0n) is 6.53. The van der Waals surface area contributed by atoms with Gasteiger partial charge in [-0.3, -0.25) is 0 Å². The number of thioether (sulfide) groups is 1. The highest BCUT2D eigenvalue weighted by Crippen LogP contribution is 2.17. The molecular formula is C9H9O2S-. The van der Waals surface area contributed by atoms with Gasteiger partial charge in [0.25, 0.3) is 0 Å². The summed E-state index contributed by atoms with van der Waals surface area (Å²) in [6.07, 6.45) is 0.111. The molecule has 0 radical (unpaired) electrons. The highest BCUT2D eigenvalue weighted by Gasteiger charge is 1.91. The Hall–Kier alpha value is -0.960. The molecule has 0 heterocycles. The predicted molar refractivity (Wildman–Crippen MR) is 46.8 cm³/mol. The molecule has 2 nitrogen and oxygen atoms in total. The number of carboxylic acids is 1. The van der Waals surface area contributed by atoms with Crippen molar-refractivity contribution >= 4 is 17.7 Å². The van der Waals surface area contributed by atoms with E-state index in [9.17, 15) is 9.90 Å². The topological polar surface area (TPSA) is 40.1 Å². The summed E-state index contributed by atoms with van der Waals surface area (Å²) in [5, 5.41) is 10.1. The second kappa shape index (κ2) is 4.83. The molecule has 12 heavy (non-hydrogen) atoms. The van der Waals surface area contributed by atoms with Gasteiger partial charge in [-0.2, -0.15) is 0 Å². The van der Waals surface area contributed by atoms with Crippen molar-refractivity contribution in [3.63, 3.8) is 0 Å². The van der Waals surface area contributed by atoms with Crippen LogP contribution in [-0.4, -0.2) is 11.7 Å². The fourth-order valence-corrected chi connectivity index (χ4v) is 1.62. The first-order valence-electron chi connectivity index (χ1n) is 3.67. The Morgan fingerprint density at radius 1 is 1.33 bits per heavy atom. The molecule has 0 saturated heterocycles. The minimum Gasteiger partial charge on any atom is -0.550 e. The number of carbonyl (C=O) groups excluding carboxylic acids is 1. The SMILES string of the molecule is O=C([O-])CCSc1ccccc1. The molecule has 0 fully saturated rings. The zero-order valence-corrected chi connectivity index (χ0v) is 7.34. The van der Waals surface area contributed by atoms with Crippen molar-refractivity contribution in [2.75, 3.05) is 5.75 Å². The van der Waals surface area contributed by atoms with Gasteiger partial charge in [0.05, 0.1) is 0 Å². The lowest BCUT2D eigenvalue weighted by atomic mass is 10.4. The highest BCUT2D eigenvalue weighted by atomic mass is 32.2. The van der Waals surface area contributed by atoms with E-state index in [-0.39, 0.29) is 6.42 Å². The van der Waals surface area contributed by atoms with Gasteiger partial charge in [-0.25, -0.2) is 0 Å². The van der Waals surface area contributed by atoms with Crippen LogP contribution in [0.15, 0.2) is 35.2 Å². The molecule has 0 saturated carbocycles. The average molecular weight is 181 g/mol. The molecule has 1 rings (SSSR count). The first-order valence-corrected chi connectivity index (χ1v) is 4.65. The first-order chi connectivity index (χ1) is 5.79. The number of carboxylic acid groups (broad SMARTS) is 1. The number of hydrogen-bond acceptors (Lipinski definition) is 3. The van der Waals surface area contributed by atoms with Crippen LogP contribution in [0.3, 0.4) is 0 Å². The first kappa shape index (κ1) is 9.13. The second-order valence-electron chi connectivity index (χ2n) is 2.28. The van der Waals surface area contributed by atoms with Crippen molar-refractivity contribution < 1.29 is 9.90 Å². The lowest BCUT2D eigenvalue weighted by Crippen LogP contribution is -2.22. The standard InChI is InChI=1S/C9H10O2S/c10-9(11)6-7-12-8-4-2-1-3-5-8/h1-5H,6-7H2,(H,10,11)/p-1.